The molecule has 1 aromatic rings. The summed E-state index contributed by atoms with van der Waals surface area (Å²) in [6.07, 6.45) is 6.54. The van der Waals surface area contributed by atoms with Gasteiger partial charge < -0.3 is 5.73 Å². The lowest BCUT2D eigenvalue weighted by molar-refractivity contribution is 0.304. The summed E-state index contributed by atoms with van der Waals surface area (Å²) < 4.78 is 0.881. The van der Waals surface area contributed by atoms with Crippen molar-refractivity contribution < 1.29 is 0 Å². The van der Waals surface area contributed by atoms with E-state index in [1.807, 2.05) is 18.2 Å². The van der Waals surface area contributed by atoms with Crippen molar-refractivity contribution in [2.75, 3.05) is 0 Å². The Morgan fingerprint density at radius 1 is 1.25 bits per heavy atom. The van der Waals surface area contributed by atoms with E-state index >= 15 is 0 Å². The van der Waals surface area contributed by atoms with Crippen LogP contribution in [0.2, 0.25) is 0 Å². The quantitative estimate of drug-likeness (QED) is 0.843. The van der Waals surface area contributed by atoms with E-state index in [2.05, 4.69) is 20.9 Å². The van der Waals surface area contributed by atoms with Crippen LogP contribution in [0.15, 0.2) is 22.8 Å². The van der Waals surface area contributed by atoms with Gasteiger partial charge in [0.2, 0.25) is 0 Å². The highest BCUT2D eigenvalue weighted by molar-refractivity contribution is 9.10. The first-order chi connectivity index (χ1) is 7.27. The Morgan fingerprint density at radius 2 is 1.94 bits per heavy atom. The fourth-order valence-electron chi connectivity index (χ4n) is 2.34. The standard InChI is InChI=1S/C12H17BrN2.ClH/c13-11-8-4-7-10(15-11)12(14)9-5-2-1-3-6-9;/h4,7-9,12H,1-3,5-6,14H2;1H/t12-;/m0./s1. The van der Waals surface area contributed by atoms with Crippen molar-refractivity contribution in [3.8, 4) is 0 Å². The molecule has 1 heterocycles. The molecule has 16 heavy (non-hydrogen) atoms. The highest BCUT2D eigenvalue weighted by atomic mass is 79.9. The molecule has 0 aromatic carbocycles. The van der Waals surface area contributed by atoms with Crippen LogP contribution in [0.1, 0.15) is 43.8 Å². The van der Waals surface area contributed by atoms with Crippen molar-refractivity contribution in [3.63, 3.8) is 0 Å². The largest absolute Gasteiger partial charge is 0.322 e. The first kappa shape index (κ1) is 13.9. The molecule has 1 aliphatic rings. The predicted octanol–water partition coefficient (Wildman–Crippen LogP) is 3.85. The molecule has 0 bridgehead atoms. The fraction of sp³-hybridized carbons (Fsp3) is 0.583. The van der Waals surface area contributed by atoms with Crippen molar-refractivity contribution in [1.29, 1.82) is 0 Å². The van der Waals surface area contributed by atoms with Gasteiger partial charge in [0.1, 0.15) is 4.60 Å². The summed E-state index contributed by atoms with van der Waals surface area (Å²) in [5.74, 6) is 0.626. The molecule has 0 saturated heterocycles. The Hall–Kier alpha value is -0.120. The van der Waals surface area contributed by atoms with Crippen LogP contribution in [-0.4, -0.2) is 4.98 Å². The van der Waals surface area contributed by atoms with E-state index in [-0.39, 0.29) is 18.4 Å². The van der Waals surface area contributed by atoms with Crippen LogP contribution in [0.4, 0.5) is 0 Å². The molecule has 90 valence electrons. The van der Waals surface area contributed by atoms with E-state index in [0.29, 0.717) is 5.92 Å². The average Bonchev–Trinajstić information content (AvgIpc) is 2.29. The van der Waals surface area contributed by atoms with E-state index in [0.717, 1.165) is 10.3 Å². The smallest absolute Gasteiger partial charge is 0.106 e. The Kier molecular flexibility index (Phi) is 5.73. The van der Waals surface area contributed by atoms with Gasteiger partial charge in [-0.25, -0.2) is 4.98 Å². The van der Waals surface area contributed by atoms with Crippen LogP contribution in [0, 0.1) is 5.92 Å². The van der Waals surface area contributed by atoms with E-state index < -0.39 is 0 Å². The Bertz CT molecular complexity index is 327. The molecule has 1 fully saturated rings. The van der Waals surface area contributed by atoms with Crippen molar-refractivity contribution >= 4 is 28.3 Å². The lowest BCUT2D eigenvalue weighted by Gasteiger charge is -2.27. The van der Waals surface area contributed by atoms with Gasteiger partial charge in [-0.1, -0.05) is 25.3 Å². The monoisotopic (exact) mass is 304 g/mol. The third kappa shape index (κ3) is 3.44. The van der Waals surface area contributed by atoms with Gasteiger partial charge in [0.25, 0.3) is 0 Å². The molecule has 1 atom stereocenters. The summed E-state index contributed by atoms with van der Waals surface area (Å²) in [5, 5.41) is 0. The van der Waals surface area contributed by atoms with Gasteiger partial charge in [-0.15, -0.1) is 12.4 Å². The molecule has 2 N–H and O–H groups in total. The lowest BCUT2D eigenvalue weighted by Crippen LogP contribution is -2.24. The van der Waals surface area contributed by atoms with Crippen LogP contribution >= 0.6 is 28.3 Å². The molecular formula is C12H18BrClN2. The number of nitrogens with zero attached hydrogens (tertiary/aromatic N) is 1. The van der Waals surface area contributed by atoms with Crippen LogP contribution in [0.5, 0.6) is 0 Å². The van der Waals surface area contributed by atoms with E-state index in [4.69, 9.17) is 5.73 Å². The Balaban J connectivity index is 0.00000128. The summed E-state index contributed by atoms with van der Waals surface area (Å²) in [4.78, 5) is 4.44. The molecule has 0 spiro atoms. The third-order valence-corrected chi connectivity index (χ3v) is 3.68. The third-order valence-electron chi connectivity index (χ3n) is 3.24. The molecule has 1 saturated carbocycles. The normalized spacial score (nSPS) is 18.9. The van der Waals surface area contributed by atoms with Gasteiger partial charge in [-0.05, 0) is 46.8 Å². The first-order valence-corrected chi connectivity index (χ1v) is 6.45. The zero-order valence-electron chi connectivity index (χ0n) is 9.23. The van der Waals surface area contributed by atoms with Gasteiger partial charge in [-0.2, -0.15) is 0 Å². The van der Waals surface area contributed by atoms with Gasteiger partial charge in [0.15, 0.2) is 0 Å². The van der Waals surface area contributed by atoms with E-state index in [9.17, 15) is 0 Å². The Labute approximate surface area is 112 Å². The van der Waals surface area contributed by atoms with Gasteiger partial charge in [-0.3, -0.25) is 0 Å². The highest BCUT2D eigenvalue weighted by Crippen LogP contribution is 2.32. The number of hydrogen-bond acceptors (Lipinski definition) is 2. The summed E-state index contributed by atoms with van der Waals surface area (Å²) >= 11 is 3.39. The predicted molar refractivity (Wildman–Crippen MR) is 72.7 cm³/mol. The molecule has 0 unspecified atom stereocenters. The maximum absolute atomic E-state index is 6.26. The van der Waals surface area contributed by atoms with Crippen LogP contribution in [-0.2, 0) is 0 Å². The Morgan fingerprint density at radius 3 is 2.56 bits per heavy atom. The zero-order chi connectivity index (χ0) is 10.7. The van der Waals surface area contributed by atoms with Crippen LogP contribution in [0.3, 0.4) is 0 Å². The van der Waals surface area contributed by atoms with E-state index in [1.54, 1.807) is 0 Å². The SMILES string of the molecule is Cl.N[C@H](c1cccc(Br)n1)C1CCCCC1. The number of aromatic nitrogens is 1. The number of hydrogen-bond donors (Lipinski definition) is 1. The summed E-state index contributed by atoms with van der Waals surface area (Å²) in [5.41, 5.74) is 7.28. The van der Waals surface area contributed by atoms with Gasteiger partial charge in [0, 0.05) is 6.04 Å². The average molecular weight is 306 g/mol. The number of rotatable bonds is 2. The van der Waals surface area contributed by atoms with E-state index in [1.165, 1.54) is 32.1 Å². The molecular weight excluding hydrogens is 288 g/mol. The minimum absolute atomic E-state index is 0. The van der Waals surface area contributed by atoms with Gasteiger partial charge in [0.05, 0.1) is 5.69 Å². The number of halogens is 2. The second-order valence-corrected chi connectivity index (χ2v) is 5.12. The fourth-order valence-corrected chi connectivity index (χ4v) is 2.70. The molecule has 0 radical (unpaired) electrons. The van der Waals surface area contributed by atoms with Crippen molar-refractivity contribution in [1.82, 2.24) is 4.98 Å². The first-order valence-electron chi connectivity index (χ1n) is 5.65. The summed E-state index contributed by atoms with van der Waals surface area (Å²) in [6.45, 7) is 0. The molecule has 1 aliphatic carbocycles. The zero-order valence-corrected chi connectivity index (χ0v) is 11.6. The van der Waals surface area contributed by atoms with Crippen molar-refractivity contribution in [2.45, 2.75) is 38.1 Å². The topological polar surface area (TPSA) is 38.9 Å². The molecule has 0 amide bonds. The minimum atomic E-state index is 0. The second-order valence-electron chi connectivity index (χ2n) is 4.31. The summed E-state index contributed by atoms with van der Waals surface area (Å²) in [6, 6.07) is 6.10. The lowest BCUT2D eigenvalue weighted by atomic mass is 9.83. The molecule has 2 rings (SSSR count). The van der Waals surface area contributed by atoms with Crippen LogP contribution < -0.4 is 5.73 Å². The number of pyridine rings is 1. The molecule has 4 heteroatoms. The number of nitrogens with two attached hydrogens (primary N) is 1. The van der Waals surface area contributed by atoms with Crippen LogP contribution in [0.25, 0.3) is 0 Å². The molecule has 1 aromatic heterocycles. The molecule has 0 aliphatic heterocycles. The molecule has 2 nitrogen and oxygen atoms in total. The summed E-state index contributed by atoms with van der Waals surface area (Å²) in [7, 11) is 0. The minimum Gasteiger partial charge on any atom is -0.322 e. The maximum Gasteiger partial charge on any atom is 0.106 e. The maximum atomic E-state index is 6.26. The highest BCUT2D eigenvalue weighted by Gasteiger charge is 2.22. The second kappa shape index (κ2) is 6.58. The van der Waals surface area contributed by atoms with Gasteiger partial charge >= 0.3 is 0 Å². The van der Waals surface area contributed by atoms with Crippen molar-refractivity contribution in [3.05, 3.63) is 28.5 Å². The van der Waals surface area contributed by atoms with Crippen molar-refractivity contribution in [2.24, 2.45) is 11.7 Å².